The number of nitrogens with zero attached hydrogens (tertiary/aromatic N) is 4. The molecule has 0 radical (unpaired) electrons. The molecule has 0 atom stereocenters. The minimum absolute atomic E-state index is 0.627. The second-order valence-corrected chi connectivity index (χ2v) is 13.9. The normalized spacial score (nSPS) is 11.2. The molecule has 10 aromatic rings. The van der Waals surface area contributed by atoms with Gasteiger partial charge in [-0.1, -0.05) is 182 Å². The van der Waals surface area contributed by atoms with Crippen molar-refractivity contribution >= 4 is 21.7 Å². The molecule has 0 fully saturated rings. The maximum absolute atomic E-state index is 5.16. The Hall–Kier alpha value is -7.56. The van der Waals surface area contributed by atoms with Crippen LogP contribution in [-0.2, 0) is 0 Å². The van der Waals surface area contributed by atoms with Crippen molar-refractivity contribution in [1.82, 2.24) is 19.9 Å². The molecule has 0 saturated carbocycles. The summed E-state index contributed by atoms with van der Waals surface area (Å²) in [5, 5.41) is 3.47. The lowest BCUT2D eigenvalue weighted by molar-refractivity contribution is 1.07. The maximum atomic E-state index is 5.16. The quantitative estimate of drug-likeness (QED) is 0.154. The first-order valence-corrected chi connectivity index (χ1v) is 18.8. The van der Waals surface area contributed by atoms with E-state index in [2.05, 4.69) is 164 Å². The van der Waals surface area contributed by atoms with E-state index in [0.29, 0.717) is 17.5 Å². The van der Waals surface area contributed by atoms with E-state index in [1.807, 2.05) is 42.5 Å². The Bertz CT molecular complexity index is 2980. The van der Waals surface area contributed by atoms with Gasteiger partial charge in [0.1, 0.15) is 0 Å². The summed E-state index contributed by atoms with van der Waals surface area (Å²) in [5.41, 5.74) is 12.7. The van der Waals surface area contributed by atoms with Crippen molar-refractivity contribution in [2.45, 2.75) is 0 Å². The standard InChI is InChI=1S/C52H34N4/c1-5-14-35(15-6-1)36-24-26-40(27-25-36)51-54-50(39-20-11-4-12-21-39)55-52(56-51)44-23-13-22-41(33-44)42-28-30-45-43(32-42)29-31-47-49(45)46(37-16-7-2-8-17-37)34-48(53-47)38-18-9-3-10-19-38/h1-34H. The smallest absolute Gasteiger partial charge is 0.164 e. The van der Waals surface area contributed by atoms with E-state index in [9.17, 15) is 0 Å². The third kappa shape index (κ3) is 6.40. The molecule has 4 heteroatoms. The summed E-state index contributed by atoms with van der Waals surface area (Å²) in [4.78, 5) is 20.2. The average molecular weight is 715 g/mol. The Kier molecular flexibility index (Phi) is 8.47. The van der Waals surface area contributed by atoms with Gasteiger partial charge in [-0.15, -0.1) is 0 Å². The summed E-state index contributed by atoms with van der Waals surface area (Å²) < 4.78 is 0. The highest BCUT2D eigenvalue weighted by Crippen LogP contribution is 2.38. The van der Waals surface area contributed by atoms with Crippen molar-refractivity contribution in [1.29, 1.82) is 0 Å². The Morgan fingerprint density at radius 3 is 1.39 bits per heavy atom. The van der Waals surface area contributed by atoms with Gasteiger partial charge in [0.15, 0.2) is 17.5 Å². The molecule has 0 aliphatic carbocycles. The van der Waals surface area contributed by atoms with Gasteiger partial charge in [-0.3, -0.25) is 0 Å². The number of hydrogen-bond acceptors (Lipinski definition) is 4. The van der Waals surface area contributed by atoms with Crippen LogP contribution in [0.3, 0.4) is 0 Å². The van der Waals surface area contributed by atoms with Crippen molar-refractivity contribution in [3.63, 3.8) is 0 Å². The number of rotatable bonds is 7. The van der Waals surface area contributed by atoms with Crippen LogP contribution in [0.1, 0.15) is 0 Å². The summed E-state index contributed by atoms with van der Waals surface area (Å²) in [6.07, 6.45) is 0. The molecule has 0 saturated heterocycles. The molecule has 8 aromatic carbocycles. The minimum atomic E-state index is 0.627. The molecule has 0 bridgehead atoms. The van der Waals surface area contributed by atoms with E-state index in [4.69, 9.17) is 19.9 Å². The molecular weight excluding hydrogens is 681 g/mol. The van der Waals surface area contributed by atoms with Crippen LogP contribution in [0.25, 0.3) is 100 Å². The fourth-order valence-corrected chi connectivity index (χ4v) is 7.48. The minimum Gasteiger partial charge on any atom is -0.248 e. The van der Waals surface area contributed by atoms with Gasteiger partial charge in [0, 0.05) is 27.6 Å². The Labute approximate surface area is 325 Å². The molecule has 0 aliphatic rings. The van der Waals surface area contributed by atoms with Gasteiger partial charge in [-0.05, 0) is 68.4 Å². The molecule has 56 heavy (non-hydrogen) atoms. The molecule has 0 N–H and O–H groups in total. The van der Waals surface area contributed by atoms with Crippen molar-refractivity contribution < 1.29 is 0 Å². The Morgan fingerprint density at radius 1 is 0.268 bits per heavy atom. The third-order valence-corrected chi connectivity index (χ3v) is 10.3. The van der Waals surface area contributed by atoms with Crippen LogP contribution in [0.15, 0.2) is 206 Å². The van der Waals surface area contributed by atoms with Crippen molar-refractivity contribution in [3.05, 3.63) is 206 Å². The number of benzene rings is 8. The first-order valence-electron chi connectivity index (χ1n) is 18.8. The molecule has 10 rings (SSSR count). The lowest BCUT2D eigenvalue weighted by Gasteiger charge is -2.14. The van der Waals surface area contributed by atoms with Gasteiger partial charge in [0.25, 0.3) is 0 Å². The van der Waals surface area contributed by atoms with Gasteiger partial charge < -0.3 is 0 Å². The lowest BCUT2D eigenvalue weighted by Crippen LogP contribution is -2.00. The summed E-state index contributed by atoms with van der Waals surface area (Å²) >= 11 is 0. The number of aromatic nitrogens is 4. The number of pyridine rings is 1. The highest BCUT2D eigenvalue weighted by molar-refractivity contribution is 6.14. The fourth-order valence-electron chi connectivity index (χ4n) is 7.48. The van der Waals surface area contributed by atoms with Crippen LogP contribution < -0.4 is 0 Å². The summed E-state index contributed by atoms with van der Waals surface area (Å²) in [6.45, 7) is 0. The van der Waals surface area contributed by atoms with Crippen LogP contribution in [0.4, 0.5) is 0 Å². The Balaban J connectivity index is 1.06. The van der Waals surface area contributed by atoms with Crippen molar-refractivity contribution in [3.8, 4) is 78.8 Å². The van der Waals surface area contributed by atoms with E-state index >= 15 is 0 Å². The molecule has 262 valence electrons. The monoisotopic (exact) mass is 714 g/mol. The molecular formula is C52H34N4. The fraction of sp³-hybridized carbons (Fsp3) is 0. The van der Waals surface area contributed by atoms with E-state index in [0.717, 1.165) is 60.9 Å². The summed E-state index contributed by atoms with van der Waals surface area (Å²) in [6, 6.07) is 71.7. The predicted octanol–water partition coefficient (Wildman–Crippen LogP) is 13.2. The van der Waals surface area contributed by atoms with Gasteiger partial charge >= 0.3 is 0 Å². The van der Waals surface area contributed by atoms with Crippen molar-refractivity contribution in [2.24, 2.45) is 0 Å². The molecule has 0 unspecified atom stereocenters. The first-order chi connectivity index (χ1) is 27.7. The molecule has 0 spiro atoms. The van der Waals surface area contributed by atoms with Crippen LogP contribution in [0.5, 0.6) is 0 Å². The molecule has 4 nitrogen and oxygen atoms in total. The third-order valence-electron chi connectivity index (χ3n) is 10.3. The molecule has 0 aliphatic heterocycles. The van der Waals surface area contributed by atoms with Gasteiger partial charge in [0.2, 0.25) is 0 Å². The van der Waals surface area contributed by atoms with Crippen LogP contribution >= 0.6 is 0 Å². The molecule has 0 amide bonds. The second-order valence-electron chi connectivity index (χ2n) is 13.9. The summed E-state index contributed by atoms with van der Waals surface area (Å²) in [7, 11) is 0. The van der Waals surface area contributed by atoms with E-state index in [-0.39, 0.29) is 0 Å². The van der Waals surface area contributed by atoms with Crippen LogP contribution in [-0.4, -0.2) is 19.9 Å². The SMILES string of the molecule is c1ccc(-c2ccc(-c3nc(-c4ccccc4)nc(-c4cccc(-c5ccc6c(ccc7nc(-c8ccccc8)cc(-c8ccccc8)c76)c5)c4)n3)cc2)cc1. The predicted molar refractivity (Wildman–Crippen MR) is 231 cm³/mol. The van der Waals surface area contributed by atoms with Gasteiger partial charge in [-0.25, -0.2) is 19.9 Å². The molecule has 2 aromatic heterocycles. The average Bonchev–Trinajstić information content (AvgIpc) is 3.29. The van der Waals surface area contributed by atoms with Crippen LogP contribution in [0.2, 0.25) is 0 Å². The van der Waals surface area contributed by atoms with E-state index < -0.39 is 0 Å². The lowest BCUT2D eigenvalue weighted by atomic mass is 9.93. The largest absolute Gasteiger partial charge is 0.248 e. The van der Waals surface area contributed by atoms with E-state index in [1.165, 1.54) is 22.1 Å². The highest BCUT2D eigenvalue weighted by Gasteiger charge is 2.16. The Morgan fingerprint density at radius 2 is 0.732 bits per heavy atom. The molecule has 2 heterocycles. The topological polar surface area (TPSA) is 51.6 Å². The zero-order valence-electron chi connectivity index (χ0n) is 30.4. The number of hydrogen-bond donors (Lipinski definition) is 0. The first kappa shape index (κ1) is 33.0. The van der Waals surface area contributed by atoms with Crippen LogP contribution in [0, 0.1) is 0 Å². The highest BCUT2D eigenvalue weighted by atomic mass is 15.0. The van der Waals surface area contributed by atoms with Crippen molar-refractivity contribution in [2.75, 3.05) is 0 Å². The summed E-state index contributed by atoms with van der Waals surface area (Å²) in [5.74, 6) is 1.90. The van der Waals surface area contributed by atoms with E-state index in [1.54, 1.807) is 0 Å². The number of fused-ring (bicyclic) bond motifs is 3. The zero-order valence-corrected chi connectivity index (χ0v) is 30.4. The maximum Gasteiger partial charge on any atom is 0.164 e. The zero-order chi connectivity index (χ0) is 37.3. The van der Waals surface area contributed by atoms with Gasteiger partial charge in [-0.2, -0.15) is 0 Å². The second kappa shape index (κ2) is 14.3. The van der Waals surface area contributed by atoms with Gasteiger partial charge in [0.05, 0.1) is 11.2 Å².